The van der Waals surface area contributed by atoms with Gasteiger partial charge in [-0.2, -0.15) is 0 Å². The summed E-state index contributed by atoms with van der Waals surface area (Å²) < 4.78 is 0. The van der Waals surface area contributed by atoms with E-state index in [1.165, 1.54) is 5.56 Å². The number of hydrogen-bond acceptors (Lipinski definition) is 4. The van der Waals surface area contributed by atoms with Crippen LogP contribution in [0.1, 0.15) is 29.8 Å². The largest absolute Gasteiger partial charge is 0.345 e. The van der Waals surface area contributed by atoms with Gasteiger partial charge in [-0.3, -0.25) is 19.6 Å². The molecule has 1 aromatic carbocycles. The third-order valence-corrected chi connectivity index (χ3v) is 5.20. The maximum Gasteiger partial charge on any atom is 0.253 e. The minimum atomic E-state index is 0.0161. The van der Waals surface area contributed by atoms with Crippen molar-refractivity contribution in [1.29, 1.82) is 0 Å². The van der Waals surface area contributed by atoms with Gasteiger partial charge in [0.05, 0.1) is 5.69 Å². The second-order valence-electron chi connectivity index (χ2n) is 7.73. The van der Waals surface area contributed by atoms with E-state index in [0.29, 0.717) is 11.6 Å². The molecule has 1 aliphatic heterocycles. The number of aromatic nitrogens is 1. The van der Waals surface area contributed by atoms with Crippen molar-refractivity contribution in [2.45, 2.75) is 26.4 Å². The van der Waals surface area contributed by atoms with Crippen molar-refractivity contribution in [3.05, 3.63) is 53.7 Å². The van der Waals surface area contributed by atoms with Crippen LogP contribution in [0.25, 0.3) is 11.3 Å². The van der Waals surface area contributed by atoms with Gasteiger partial charge in [0, 0.05) is 70.2 Å². The quantitative estimate of drug-likeness (QED) is 0.816. The molecule has 0 aliphatic carbocycles. The molecule has 2 heterocycles. The molecule has 1 aliphatic rings. The number of amides is 1. The second kappa shape index (κ2) is 8.63. The molecule has 5 nitrogen and oxygen atoms in total. The fourth-order valence-corrected chi connectivity index (χ4v) is 3.43. The van der Waals surface area contributed by atoms with E-state index < -0.39 is 0 Å². The fourth-order valence-electron chi connectivity index (χ4n) is 3.43. The Balaban J connectivity index is 1.60. The summed E-state index contributed by atoms with van der Waals surface area (Å²) in [4.78, 5) is 23.2. The average molecular weight is 367 g/mol. The lowest BCUT2D eigenvalue weighted by Gasteiger charge is -2.36. The van der Waals surface area contributed by atoms with Crippen LogP contribution in [0.5, 0.6) is 0 Å². The van der Waals surface area contributed by atoms with Crippen molar-refractivity contribution in [3.63, 3.8) is 0 Å². The van der Waals surface area contributed by atoms with E-state index in [1.807, 2.05) is 30.5 Å². The van der Waals surface area contributed by atoms with Gasteiger partial charge in [-0.25, -0.2) is 0 Å². The fraction of sp³-hybridized carbons (Fsp3) is 0.455. The lowest BCUT2D eigenvalue weighted by Crippen LogP contribution is -2.48. The van der Waals surface area contributed by atoms with Gasteiger partial charge in [0.25, 0.3) is 5.91 Å². The lowest BCUT2D eigenvalue weighted by atomic mass is 10.1. The summed E-state index contributed by atoms with van der Waals surface area (Å²) >= 11 is 0. The number of hydrogen-bond donors (Lipinski definition) is 0. The first-order valence-corrected chi connectivity index (χ1v) is 9.67. The molecule has 2 aromatic rings. The standard InChI is InChI=1S/C22H30N4O/c1-17(2)26-13-11-25(12-14-26)16-18-5-10-21(23-15-18)19-6-8-20(9-7-19)22(27)24(3)4/h5-10,15,17H,11-14,16H2,1-4H3. The summed E-state index contributed by atoms with van der Waals surface area (Å²) in [5.74, 6) is 0.0161. The zero-order valence-electron chi connectivity index (χ0n) is 16.9. The molecule has 1 amide bonds. The van der Waals surface area contributed by atoms with Crippen molar-refractivity contribution in [2.75, 3.05) is 40.3 Å². The molecule has 0 unspecified atom stereocenters. The topological polar surface area (TPSA) is 39.7 Å². The van der Waals surface area contributed by atoms with E-state index in [0.717, 1.165) is 44.0 Å². The Labute approximate surface area is 162 Å². The van der Waals surface area contributed by atoms with E-state index in [2.05, 4.69) is 40.8 Å². The highest BCUT2D eigenvalue weighted by molar-refractivity contribution is 5.94. The van der Waals surface area contributed by atoms with Crippen LogP contribution in [-0.4, -0.2) is 71.9 Å². The molecule has 0 bridgehead atoms. The first-order chi connectivity index (χ1) is 12.9. The van der Waals surface area contributed by atoms with Crippen LogP contribution < -0.4 is 0 Å². The van der Waals surface area contributed by atoms with Crippen LogP contribution in [0.3, 0.4) is 0 Å². The van der Waals surface area contributed by atoms with Crippen molar-refractivity contribution in [2.24, 2.45) is 0 Å². The first-order valence-electron chi connectivity index (χ1n) is 9.67. The lowest BCUT2D eigenvalue weighted by molar-refractivity contribution is 0.0827. The highest BCUT2D eigenvalue weighted by Gasteiger charge is 2.18. The molecular formula is C22H30N4O. The Morgan fingerprint density at radius 1 is 1.04 bits per heavy atom. The summed E-state index contributed by atoms with van der Waals surface area (Å²) in [5, 5.41) is 0. The van der Waals surface area contributed by atoms with E-state index in [4.69, 9.17) is 0 Å². The number of carbonyl (C=O) groups excluding carboxylic acids is 1. The minimum absolute atomic E-state index is 0.0161. The van der Waals surface area contributed by atoms with E-state index in [-0.39, 0.29) is 5.91 Å². The third kappa shape index (κ3) is 4.93. The normalized spacial score (nSPS) is 15.9. The number of benzene rings is 1. The van der Waals surface area contributed by atoms with Gasteiger partial charge in [-0.05, 0) is 37.6 Å². The van der Waals surface area contributed by atoms with Crippen LogP contribution in [-0.2, 0) is 6.54 Å². The van der Waals surface area contributed by atoms with E-state index >= 15 is 0 Å². The highest BCUT2D eigenvalue weighted by atomic mass is 16.2. The first kappa shape index (κ1) is 19.5. The maximum atomic E-state index is 12.0. The maximum absolute atomic E-state index is 12.0. The van der Waals surface area contributed by atoms with Crippen LogP contribution in [0.2, 0.25) is 0 Å². The predicted octanol–water partition coefficient (Wildman–Crippen LogP) is 2.98. The number of piperazine rings is 1. The van der Waals surface area contributed by atoms with Crippen LogP contribution >= 0.6 is 0 Å². The van der Waals surface area contributed by atoms with Crippen molar-refractivity contribution >= 4 is 5.91 Å². The van der Waals surface area contributed by atoms with Gasteiger partial charge in [0.15, 0.2) is 0 Å². The zero-order valence-corrected chi connectivity index (χ0v) is 16.9. The Bertz CT molecular complexity index is 745. The van der Waals surface area contributed by atoms with Crippen molar-refractivity contribution in [1.82, 2.24) is 19.7 Å². The third-order valence-electron chi connectivity index (χ3n) is 5.20. The molecule has 144 valence electrons. The predicted molar refractivity (Wildman–Crippen MR) is 110 cm³/mol. The van der Waals surface area contributed by atoms with Gasteiger partial charge in [-0.15, -0.1) is 0 Å². The van der Waals surface area contributed by atoms with E-state index in [1.54, 1.807) is 19.0 Å². The number of nitrogens with zero attached hydrogens (tertiary/aromatic N) is 4. The van der Waals surface area contributed by atoms with Gasteiger partial charge in [0.1, 0.15) is 0 Å². The molecule has 1 aromatic heterocycles. The molecule has 27 heavy (non-hydrogen) atoms. The second-order valence-corrected chi connectivity index (χ2v) is 7.73. The van der Waals surface area contributed by atoms with E-state index in [9.17, 15) is 4.79 Å². The molecule has 0 atom stereocenters. The molecule has 0 N–H and O–H groups in total. The van der Waals surface area contributed by atoms with Gasteiger partial charge >= 0.3 is 0 Å². The number of rotatable bonds is 5. The van der Waals surface area contributed by atoms with Crippen molar-refractivity contribution in [3.8, 4) is 11.3 Å². The highest BCUT2D eigenvalue weighted by Crippen LogP contribution is 2.19. The van der Waals surface area contributed by atoms with Crippen molar-refractivity contribution < 1.29 is 4.79 Å². The average Bonchev–Trinajstić information content (AvgIpc) is 2.68. The van der Waals surface area contributed by atoms with Crippen LogP contribution in [0.4, 0.5) is 0 Å². The van der Waals surface area contributed by atoms with Gasteiger partial charge < -0.3 is 4.90 Å². The molecule has 1 saturated heterocycles. The molecule has 0 radical (unpaired) electrons. The monoisotopic (exact) mass is 366 g/mol. The Hall–Kier alpha value is -2.24. The molecular weight excluding hydrogens is 336 g/mol. The Morgan fingerprint density at radius 3 is 2.22 bits per heavy atom. The van der Waals surface area contributed by atoms with Gasteiger partial charge in [-0.1, -0.05) is 18.2 Å². The Kier molecular flexibility index (Phi) is 6.24. The summed E-state index contributed by atoms with van der Waals surface area (Å²) in [6.45, 7) is 9.99. The molecule has 1 fully saturated rings. The van der Waals surface area contributed by atoms with Crippen LogP contribution in [0, 0.1) is 0 Å². The molecule has 5 heteroatoms. The summed E-state index contributed by atoms with van der Waals surface area (Å²) in [6, 6.07) is 12.5. The molecule has 0 spiro atoms. The number of pyridine rings is 1. The smallest absolute Gasteiger partial charge is 0.253 e. The summed E-state index contributed by atoms with van der Waals surface area (Å²) in [7, 11) is 3.53. The zero-order chi connectivity index (χ0) is 19.4. The summed E-state index contributed by atoms with van der Waals surface area (Å²) in [5.41, 5.74) is 3.91. The van der Waals surface area contributed by atoms with Crippen LogP contribution in [0.15, 0.2) is 42.6 Å². The SMILES string of the molecule is CC(C)N1CCN(Cc2ccc(-c3ccc(C(=O)N(C)C)cc3)nc2)CC1. The minimum Gasteiger partial charge on any atom is -0.345 e. The molecule has 0 saturated carbocycles. The molecule has 3 rings (SSSR count). The Morgan fingerprint density at radius 2 is 1.70 bits per heavy atom. The number of carbonyl (C=O) groups is 1. The summed E-state index contributed by atoms with van der Waals surface area (Å²) in [6.07, 6.45) is 1.98. The van der Waals surface area contributed by atoms with Gasteiger partial charge in [0.2, 0.25) is 0 Å².